The van der Waals surface area contributed by atoms with Crippen molar-refractivity contribution in [2.24, 2.45) is 5.92 Å². The van der Waals surface area contributed by atoms with Crippen LogP contribution in [0.3, 0.4) is 0 Å². The summed E-state index contributed by atoms with van der Waals surface area (Å²) in [5, 5.41) is 0. The van der Waals surface area contributed by atoms with E-state index in [-0.39, 0.29) is 6.04 Å². The normalized spacial score (nSPS) is 29.1. The van der Waals surface area contributed by atoms with Gasteiger partial charge in [0.2, 0.25) is 10.0 Å². The molecule has 0 bridgehead atoms. The molecule has 90 valence electrons. The van der Waals surface area contributed by atoms with Crippen LogP contribution in [0.4, 0.5) is 0 Å². The minimum absolute atomic E-state index is 0.158. The van der Waals surface area contributed by atoms with Crippen LogP contribution in [-0.2, 0) is 10.0 Å². The summed E-state index contributed by atoms with van der Waals surface area (Å²) in [6.07, 6.45) is 4.24. The smallest absolute Gasteiger partial charge is 0.212 e. The SMILES string of the molecule is CC(C)(C)S(=O)(=O)N[C@H]1CC[C@H](C)CC1. The molecule has 15 heavy (non-hydrogen) atoms. The lowest BCUT2D eigenvalue weighted by Gasteiger charge is -2.29. The molecular weight excluding hydrogens is 210 g/mol. The van der Waals surface area contributed by atoms with Crippen molar-refractivity contribution in [3.05, 3.63) is 0 Å². The third kappa shape index (κ3) is 3.45. The molecule has 1 N–H and O–H groups in total. The Kier molecular flexibility index (Phi) is 3.82. The quantitative estimate of drug-likeness (QED) is 0.795. The van der Waals surface area contributed by atoms with E-state index in [9.17, 15) is 8.42 Å². The molecule has 0 unspecified atom stereocenters. The molecule has 0 aromatic carbocycles. The third-order valence-corrected chi connectivity index (χ3v) is 5.40. The molecule has 1 rings (SSSR count). The van der Waals surface area contributed by atoms with Crippen molar-refractivity contribution in [1.82, 2.24) is 4.72 Å². The van der Waals surface area contributed by atoms with Gasteiger partial charge in [0.05, 0.1) is 4.75 Å². The number of hydrogen-bond donors (Lipinski definition) is 1. The van der Waals surface area contributed by atoms with Gasteiger partial charge in [0, 0.05) is 6.04 Å². The Balaban J connectivity index is 2.56. The van der Waals surface area contributed by atoms with Crippen LogP contribution in [0, 0.1) is 5.92 Å². The maximum Gasteiger partial charge on any atom is 0.216 e. The van der Waals surface area contributed by atoms with E-state index in [0.717, 1.165) is 31.6 Å². The second-order valence-electron chi connectivity index (χ2n) is 5.69. The molecule has 0 heterocycles. The topological polar surface area (TPSA) is 46.2 Å². The van der Waals surface area contributed by atoms with Gasteiger partial charge in [-0.3, -0.25) is 0 Å². The largest absolute Gasteiger partial charge is 0.216 e. The molecule has 0 radical (unpaired) electrons. The number of rotatable bonds is 2. The van der Waals surface area contributed by atoms with Crippen LogP contribution in [-0.4, -0.2) is 19.2 Å². The first-order valence-corrected chi connectivity index (χ1v) is 7.22. The molecule has 0 aromatic heterocycles. The highest BCUT2D eigenvalue weighted by atomic mass is 32.2. The van der Waals surface area contributed by atoms with E-state index >= 15 is 0 Å². The third-order valence-electron chi connectivity index (χ3n) is 3.14. The van der Waals surface area contributed by atoms with Crippen molar-refractivity contribution in [1.29, 1.82) is 0 Å². The average Bonchev–Trinajstić information content (AvgIpc) is 2.06. The van der Waals surface area contributed by atoms with E-state index in [4.69, 9.17) is 0 Å². The lowest BCUT2D eigenvalue weighted by Crippen LogP contribution is -2.45. The van der Waals surface area contributed by atoms with Gasteiger partial charge in [-0.1, -0.05) is 6.92 Å². The highest BCUT2D eigenvalue weighted by Crippen LogP contribution is 2.25. The summed E-state index contributed by atoms with van der Waals surface area (Å²) < 4.78 is 25.9. The lowest BCUT2D eigenvalue weighted by atomic mass is 9.88. The summed E-state index contributed by atoms with van der Waals surface area (Å²) in [7, 11) is -3.16. The lowest BCUT2D eigenvalue weighted by molar-refractivity contribution is 0.330. The molecular formula is C11H23NO2S. The van der Waals surface area contributed by atoms with Gasteiger partial charge in [-0.05, 0) is 52.4 Å². The van der Waals surface area contributed by atoms with Crippen LogP contribution in [0.5, 0.6) is 0 Å². The molecule has 0 saturated heterocycles. The van der Waals surface area contributed by atoms with Gasteiger partial charge >= 0.3 is 0 Å². The van der Waals surface area contributed by atoms with Gasteiger partial charge in [-0.25, -0.2) is 13.1 Å². The Labute approximate surface area is 93.7 Å². The number of sulfonamides is 1. The Bertz CT molecular complexity index is 295. The van der Waals surface area contributed by atoms with E-state index in [0.29, 0.717) is 0 Å². The minimum atomic E-state index is -3.16. The van der Waals surface area contributed by atoms with Crippen molar-refractivity contribution in [3.8, 4) is 0 Å². The predicted molar refractivity (Wildman–Crippen MR) is 63.2 cm³/mol. The first-order chi connectivity index (χ1) is 6.72. The first kappa shape index (κ1) is 13.0. The summed E-state index contributed by atoms with van der Waals surface area (Å²) >= 11 is 0. The van der Waals surface area contributed by atoms with E-state index in [1.54, 1.807) is 20.8 Å². The summed E-state index contributed by atoms with van der Waals surface area (Å²) in [5.41, 5.74) is 0. The zero-order chi connectivity index (χ0) is 11.7. The van der Waals surface area contributed by atoms with E-state index in [2.05, 4.69) is 11.6 Å². The second kappa shape index (κ2) is 4.42. The molecule has 0 spiro atoms. The fourth-order valence-electron chi connectivity index (χ4n) is 1.77. The van der Waals surface area contributed by atoms with Crippen LogP contribution in [0.15, 0.2) is 0 Å². The maximum atomic E-state index is 11.9. The van der Waals surface area contributed by atoms with E-state index < -0.39 is 14.8 Å². The maximum absolute atomic E-state index is 11.9. The van der Waals surface area contributed by atoms with Gasteiger partial charge in [0.1, 0.15) is 0 Å². The molecule has 1 saturated carbocycles. The molecule has 0 aromatic rings. The van der Waals surface area contributed by atoms with Crippen molar-refractivity contribution in [2.45, 2.75) is 64.2 Å². The summed E-state index contributed by atoms with van der Waals surface area (Å²) in [6, 6.07) is 0.158. The summed E-state index contributed by atoms with van der Waals surface area (Å²) in [6.45, 7) is 7.44. The summed E-state index contributed by atoms with van der Waals surface area (Å²) in [5.74, 6) is 0.750. The van der Waals surface area contributed by atoms with Crippen LogP contribution >= 0.6 is 0 Å². The minimum Gasteiger partial charge on any atom is -0.212 e. The monoisotopic (exact) mass is 233 g/mol. The molecule has 1 aliphatic rings. The van der Waals surface area contributed by atoms with Gasteiger partial charge in [0.15, 0.2) is 0 Å². The van der Waals surface area contributed by atoms with Crippen LogP contribution in [0.1, 0.15) is 53.4 Å². The number of nitrogens with one attached hydrogen (secondary N) is 1. The zero-order valence-corrected chi connectivity index (χ0v) is 11.0. The Morgan fingerprint density at radius 2 is 1.53 bits per heavy atom. The first-order valence-electron chi connectivity index (χ1n) is 5.74. The van der Waals surface area contributed by atoms with Gasteiger partial charge in [-0.15, -0.1) is 0 Å². The van der Waals surface area contributed by atoms with Crippen LogP contribution in [0.25, 0.3) is 0 Å². The number of hydrogen-bond acceptors (Lipinski definition) is 2. The molecule has 3 nitrogen and oxygen atoms in total. The van der Waals surface area contributed by atoms with E-state index in [1.165, 1.54) is 0 Å². The molecule has 1 aliphatic carbocycles. The van der Waals surface area contributed by atoms with E-state index in [1.807, 2.05) is 0 Å². The van der Waals surface area contributed by atoms with Gasteiger partial charge in [-0.2, -0.15) is 0 Å². The predicted octanol–water partition coefficient (Wildman–Crippen LogP) is 2.28. The van der Waals surface area contributed by atoms with Crippen LogP contribution < -0.4 is 4.72 Å². The second-order valence-corrected chi connectivity index (χ2v) is 8.16. The standard InChI is InChI=1S/C11H23NO2S/c1-9-5-7-10(8-6-9)12-15(13,14)11(2,3)4/h9-10,12H,5-8H2,1-4H3/t9-,10-. The Morgan fingerprint density at radius 3 is 1.93 bits per heavy atom. The van der Waals surface area contributed by atoms with Gasteiger partial charge in [0.25, 0.3) is 0 Å². The van der Waals surface area contributed by atoms with Crippen molar-refractivity contribution >= 4 is 10.0 Å². The van der Waals surface area contributed by atoms with Gasteiger partial charge < -0.3 is 0 Å². The summed E-state index contributed by atoms with van der Waals surface area (Å²) in [4.78, 5) is 0. The Morgan fingerprint density at radius 1 is 1.07 bits per heavy atom. The van der Waals surface area contributed by atoms with Crippen LogP contribution in [0.2, 0.25) is 0 Å². The molecule has 4 heteroatoms. The fourth-order valence-corrected chi connectivity index (χ4v) is 2.80. The average molecular weight is 233 g/mol. The fraction of sp³-hybridized carbons (Fsp3) is 1.00. The highest BCUT2D eigenvalue weighted by Gasteiger charge is 2.32. The molecule has 0 aliphatic heterocycles. The molecule has 0 atom stereocenters. The molecule has 1 fully saturated rings. The highest BCUT2D eigenvalue weighted by molar-refractivity contribution is 7.90. The van der Waals surface area contributed by atoms with Crippen molar-refractivity contribution in [2.75, 3.05) is 0 Å². The van der Waals surface area contributed by atoms with Crippen molar-refractivity contribution in [3.63, 3.8) is 0 Å². The van der Waals surface area contributed by atoms with Crippen molar-refractivity contribution < 1.29 is 8.42 Å². The Hall–Kier alpha value is -0.0900. The molecule has 0 amide bonds. The zero-order valence-electron chi connectivity index (χ0n) is 10.2.